The fraction of sp³-hybridized carbons (Fsp3) is 0.474. The molecule has 1 aliphatic rings. The van der Waals surface area contributed by atoms with Gasteiger partial charge in [-0.2, -0.15) is 0 Å². The first-order valence-electron chi connectivity index (χ1n) is 8.80. The molecule has 0 aromatic heterocycles. The fourth-order valence-electron chi connectivity index (χ4n) is 2.74. The van der Waals surface area contributed by atoms with Crippen LogP contribution >= 0.6 is 11.8 Å². The van der Waals surface area contributed by atoms with E-state index in [1.807, 2.05) is 31.2 Å². The molecule has 2 rings (SSSR count). The van der Waals surface area contributed by atoms with E-state index in [9.17, 15) is 9.59 Å². The summed E-state index contributed by atoms with van der Waals surface area (Å²) < 4.78 is 5.59. The van der Waals surface area contributed by atoms with Crippen molar-refractivity contribution in [2.75, 3.05) is 26.4 Å². The highest BCUT2D eigenvalue weighted by molar-refractivity contribution is 8.18. The van der Waals surface area contributed by atoms with Gasteiger partial charge in [0.15, 0.2) is 0 Å². The number of amides is 2. The van der Waals surface area contributed by atoms with Crippen LogP contribution in [0.15, 0.2) is 29.2 Å². The van der Waals surface area contributed by atoms with Gasteiger partial charge in [-0.3, -0.25) is 19.4 Å². The third kappa shape index (κ3) is 5.09. The van der Waals surface area contributed by atoms with Gasteiger partial charge in [0, 0.05) is 5.56 Å². The van der Waals surface area contributed by atoms with Crippen LogP contribution in [0, 0.1) is 0 Å². The maximum Gasteiger partial charge on any atom is 0.294 e. The number of hydrogen-bond acceptors (Lipinski definition) is 5. The first-order chi connectivity index (χ1) is 12.1. The van der Waals surface area contributed by atoms with E-state index in [0.29, 0.717) is 18.2 Å². The van der Waals surface area contributed by atoms with Crippen molar-refractivity contribution in [3.05, 3.63) is 34.7 Å². The van der Waals surface area contributed by atoms with Crippen LogP contribution < -0.4 is 4.74 Å². The molecule has 0 N–H and O–H groups in total. The lowest BCUT2D eigenvalue weighted by Crippen LogP contribution is -2.41. The summed E-state index contributed by atoms with van der Waals surface area (Å²) in [7, 11) is 0. The van der Waals surface area contributed by atoms with Crippen molar-refractivity contribution in [2.45, 2.75) is 33.6 Å². The SMILES string of the molecule is CCCN(CCC)CN1C(=O)SC(=Cc2ccccc2OCC)C1=O. The molecule has 0 bridgehead atoms. The Morgan fingerprint density at radius 3 is 2.44 bits per heavy atom. The Balaban J connectivity index is 2.17. The van der Waals surface area contributed by atoms with E-state index in [1.165, 1.54) is 4.90 Å². The lowest BCUT2D eigenvalue weighted by atomic mass is 10.2. The number of thioether (sulfide) groups is 1. The van der Waals surface area contributed by atoms with Crippen molar-refractivity contribution < 1.29 is 14.3 Å². The van der Waals surface area contributed by atoms with Crippen LogP contribution in [0.2, 0.25) is 0 Å². The van der Waals surface area contributed by atoms with E-state index in [2.05, 4.69) is 18.7 Å². The van der Waals surface area contributed by atoms with Crippen molar-refractivity contribution in [3.8, 4) is 5.75 Å². The van der Waals surface area contributed by atoms with Crippen LogP contribution in [0.1, 0.15) is 39.2 Å². The minimum atomic E-state index is -0.224. The van der Waals surface area contributed by atoms with Crippen LogP contribution in [0.4, 0.5) is 4.79 Å². The highest BCUT2D eigenvalue weighted by Gasteiger charge is 2.36. The lowest BCUT2D eigenvalue weighted by Gasteiger charge is -2.25. The van der Waals surface area contributed by atoms with E-state index in [1.54, 1.807) is 6.08 Å². The zero-order valence-electron chi connectivity index (χ0n) is 15.2. The molecule has 25 heavy (non-hydrogen) atoms. The van der Waals surface area contributed by atoms with Gasteiger partial charge in [-0.15, -0.1) is 0 Å². The summed E-state index contributed by atoms with van der Waals surface area (Å²) in [4.78, 5) is 28.9. The van der Waals surface area contributed by atoms with Crippen LogP contribution in [0.5, 0.6) is 5.75 Å². The summed E-state index contributed by atoms with van der Waals surface area (Å²) in [6.45, 7) is 8.78. The molecule has 0 radical (unpaired) electrons. The second kappa shape index (κ2) is 9.63. The van der Waals surface area contributed by atoms with Gasteiger partial charge in [-0.05, 0) is 56.8 Å². The molecule has 0 aliphatic carbocycles. The van der Waals surface area contributed by atoms with Gasteiger partial charge in [-0.25, -0.2) is 0 Å². The van der Waals surface area contributed by atoms with Crippen molar-refractivity contribution in [3.63, 3.8) is 0 Å². The Kier molecular flexibility index (Phi) is 7.52. The van der Waals surface area contributed by atoms with Gasteiger partial charge in [0.05, 0.1) is 18.2 Å². The molecule has 1 aliphatic heterocycles. The Labute approximate surface area is 154 Å². The Hall–Kier alpha value is -1.79. The standard InChI is InChI=1S/C19H26N2O3S/c1-4-11-20(12-5-2)14-21-18(22)17(25-19(21)23)13-15-9-7-8-10-16(15)24-6-3/h7-10,13H,4-6,11-12,14H2,1-3H3. The number of rotatable bonds is 9. The molecule has 136 valence electrons. The maximum absolute atomic E-state index is 12.7. The van der Waals surface area contributed by atoms with Crippen molar-refractivity contribution in [1.29, 1.82) is 0 Å². The molecule has 6 heteroatoms. The average molecular weight is 362 g/mol. The van der Waals surface area contributed by atoms with Gasteiger partial charge >= 0.3 is 0 Å². The molecule has 1 aromatic carbocycles. The number of benzene rings is 1. The van der Waals surface area contributed by atoms with E-state index in [0.717, 1.165) is 49.0 Å². The topological polar surface area (TPSA) is 49.9 Å². The summed E-state index contributed by atoms with van der Waals surface area (Å²) >= 11 is 0.998. The third-order valence-corrected chi connectivity index (χ3v) is 4.71. The zero-order valence-corrected chi connectivity index (χ0v) is 16.0. The summed E-state index contributed by atoms with van der Waals surface area (Å²) in [6, 6.07) is 7.54. The lowest BCUT2D eigenvalue weighted by molar-refractivity contribution is -0.124. The second-order valence-electron chi connectivity index (χ2n) is 5.84. The molecule has 5 nitrogen and oxygen atoms in total. The summed E-state index contributed by atoms with van der Waals surface area (Å²) in [5.74, 6) is 0.494. The number of para-hydroxylation sites is 1. The summed E-state index contributed by atoms with van der Waals surface area (Å²) in [5.41, 5.74) is 0.814. The molecule has 1 heterocycles. The number of nitrogens with zero attached hydrogens (tertiary/aromatic N) is 2. The van der Waals surface area contributed by atoms with Gasteiger partial charge < -0.3 is 4.74 Å². The van der Waals surface area contributed by atoms with Gasteiger partial charge in [0.25, 0.3) is 11.1 Å². The predicted molar refractivity (Wildman–Crippen MR) is 102 cm³/mol. The van der Waals surface area contributed by atoms with Crippen LogP contribution in [0.3, 0.4) is 0 Å². The number of carbonyl (C=O) groups is 2. The molecule has 0 unspecified atom stereocenters. The zero-order chi connectivity index (χ0) is 18.2. The highest BCUT2D eigenvalue weighted by atomic mass is 32.2. The fourth-order valence-corrected chi connectivity index (χ4v) is 3.56. The van der Waals surface area contributed by atoms with E-state index >= 15 is 0 Å². The third-order valence-electron chi connectivity index (χ3n) is 3.80. The van der Waals surface area contributed by atoms with Gasteiger partial charge in [-0.1, -0.05) is 32.0 Å². The molecular weight excluding hydrogens is 336 g/mol. The molecule has 1 aromatic rings. The van der Waals surface area contributed by atoms with E-state index < -0.39 is 0 Å². The number of ether oxygens (including phenoxy) is 1. The number of carbonyl (C=O) groups excluding carboxylic acids is 2. The molecule has 1 fully saturated rings. The highest BCUT2D eigenvalue weighted by Crippen LogP contribution is 2.34. The predicted octanol–water partition coefficient (Wildman–Crippen LogP) is 4.20. The quantitative estimate of drug-likeness (QED) is 0.616. The smallest absolute Gasteiger partial charge is 0.294 e. The van der Waals surface area contributed by atoms with Crippen LogP contribution in [-0.2, 0) is 4.79 Å². The Bertz CT molecular complexity index is 639. The minimum Gasteiger partial charge on any atom is -0.493 e. The first kappa shape index (κ1) is 19.5. The van der Waals surface area contributed by atoms with Crippen LogP contribution in [-0.4, -0.2) is 47.3 Å². The molecule has 2 amide bonds. The summed E-state index contributed by atoms with van der Waals surface area (Å²) in [5, 5.41) is -0.206. The molecule has 1 saturated heterocycles. The van der Waals surface area contributed by atoms with E-state index in [-0.39, 0.29) is 11.1 Å². The first-order valence-corrected chi connectivity index (χ1v) is 9.61. The van der Waals surface area contributed by atoms with Crippen molar-refractivity contribution >= 4 is 29.0 Å². The van der Waals surface area contributed by atoms with Gasteiger partial charge in [0.1, 0.15) is 5.75 Å². The van der Waals surface area contributed by atoms with Crippen LogP contribution in [0.25, 0.3) is 6.08 Å². The minimum absolute atomic E-state index is 0.206. The normalized spacial score (nSPS) is 16.3. The molecule has 0 saturated carbocycles. The number of hydrogen-bond donors (Lipinski definition) is 0. The van der Waals surface area contributed by atoms with Crippen molar-refractivity contribution in [1.82, 2.24) is 9.80 Å². The van der Waals surface area contributed by atoms with E-state index in [4.69, 9.17) is 4.74 Å². The maximum atomic E-state index is 12.7. The number of imide groups is 1. The largest absolute Gasteiger partial charge is 0.493 e. The monoisotopic (exact) mass is 362 g/mol. The molecular formula is C19H26N2O3S. The molecule has 0 spiro atoms. The summed E-state index contributed by atoms with van der Waals surface area (Å²) in [6.07, 6.45) is 3.74. The molecule has 0 atom stereocenters. The van der Waals surface area contributed by atoms with Crippen molar-refractivity contribution in [2.24, 2.45) is 0 Å². The second-order valence-corrected chi connectivity index (χ2v) is 6.83. The van der Waals surface area contributed by atoms with Gasteiger partial charge in [0.2, 0.25) is 0 Å². The Morgan fingerprint density at radius 1 is 1.12 bits per heavy atom. The average Bonchev–Trinajstić information content (AvgIpc) is 2.85. The Morgan fingerprint density at radius 2 is 1.80 bits per heavy atom.